The van der Waals surface area contributed by atoms with E-state index in [-0.39, 0.29) is 6.42 Å². The van der Waals surface area contributed by atoms with E-state index in [9.17, 15) is 18.0 Å². The fraction of sp³-hybridized carbons (Fsp3) is 0.214. The molecule has 0 saturated carbocycles. The van der Waals surface area contributed by atoms with E-state index in [1.54, 1.807) is 6.20 Å². The lowest BCUT2D eigenvalue weighted by atomic mass is 10.1. The van der Waals surface area contributed by atoms with Gasteiger partial charge >= 0.3 is 18.1 Å². The van der Waals surface area contributed by atoms with Crippen molar-refractivity contribution in [2.45, 2.75) is 19.0 Å². The number of alkyl halides is 3. The number of benzene rings is 1. The monoisotopic (exact) mass is 315 g/mol. The van der Waals surface area contributed by atoms with Gasteiger partial charge in [0.1, 0.15) is 0 Å². The highest BCUT2D eigenvalue weighted by molar-refractivity contribution is 5.84. The molecule has 2 N–H and O–H groups in total. The van der Waals surface area contributed by atoms with Gasteiger partial charge in [-0.3, -0.25) is 9.78 Å². The van der Waals surface area contributed by atoms with Crippen LogP contribution < -0.4 is 0 Å². The van der Waals surface area contributed by atoms with E-state index in [2.05, 4.69) is 4.98 Å². The lowest BCUT2D eigenvalue weighted by molar-refractivity contribution is -0.192. The first-order valence-corrected chi connectivity index (χ1v) is 6.06. The molecule has 0 spiro atoms. The van der Waals surface area contributed by atoms with E-state index in [0.29, 0.717) is 6.42 Å². The Morgan fingerprint density at radius 1 is 1.09 bits per heavy atom. The first-order chi connectivity index (χ1) is 10.2. The molecule has 0 unspecified atom stereocenters. The predicted octanol–water partition coefficient (Wildman–Crippen LogP) is 2.89. The Morgan fingerprint density at radius 2 is 1.68 bits per heavy atom. The molecule has 0 radical (unpaired) electrons. The zero-order chi connectivity index (χ0) is 16.8. The van der Waals surface area contributed by atoms with Crippen LogP contribution in [0, 0.1) is 0 Å². The lowest BCUT2D eigenvalue weighted by Gasteiger charge is -2.03. The number of nitrogens with zero attached hydrogens (tertiary/aromatic N) is 1. The molecule has 1 aromatic heterocycles. The van der Waals surface area contributed by atoms with Crippen LogP contribution in [0.3, 0.4) is 0 Å². The van der Waals surface area contributed by atoms with Gasteiger partial charge in [-0.25, -0.2) is 4.79 Å². The number of carboxylic acid groups (broad SMARTS) is 2. The van der Waals surface area contributed by atoms with Crippen LogP contribution in [0.25, 0.3) is 10.8 Å². The number of pyridine rings is 1. The second-order valence-corrected chi connectivity index (χ2v) is 4.18. The highest BCUT2D eigenvalue weighted by Gasteiger charge is 2.38. The van der Waals surface area contributed by atoms with Crippen molar-refractivity contribution < 1.29 is 33.0 Å². The van der Waals surface area contributed by atoms with Gasteiger partial charge < -0.3 is 10.2 Å². The molecule has 0 bridgehead atoms. The molecule has 0 fully saturated rings. The van der Waals surface area contributed by atoms with E-state index < -0.39 is 18.1 Å². The zero-order valence-corrected chi connectivity index (χ0v) is 11.2. The minimum atomic E-state index is -5.08. The number of fused-ring (bicyclic) bond motifs is 1. The van der Waals surface area contributed by atoms with E-state index in [1.807, 2.05) is 30.3 Å². The Bertz CT molecular complexity index is 665. The maximum Gasteiger partial charge on any atom is 0.490 e. The van der Waals surface area contributed by atoms with Gasteiger partial charge in [0, 0.05) is 23.7 Å². The number of hydrogen-bond acceptors (Lipinski definition) is 3. The van der Waals surface area contributed by atoms with Crippen molar-refractivity contribution in [3.05, 3.63) is 42.2 Å². The van der Waals surface area contributed by atoms with Gasteiger partial charge in [0.15, 0.2) is 0 Å². The van der Waals surface area contributed by atoms with E-state index >= 15 is 0 Å². The molecule has 22 heavy (non-hydrogen) atoms. The van der Waals surface area contributed by atoms with Gasteiger partial charge in [-0.15, -0.1) is 0 Å². The van der Waals surface area contributed by atoms with Crippen molar-refractivity contribution in [1.29, 1.82) is 0 Å². The Balaban J connectivity index is 0.000000295. The molecule has 2 rings (SSSR count). The number of aromatic nitrogens is 1. The summed E-state index contributed by atoms with van der Waals surface area (Å²) in [5, 5.41) is 17.9. The summed E-state index contributed by atoms with van der Waals surface area (Å²) in [5.41, 5.74) is 0.857. The summed E-state index contributed by atoms with van der Waals surface area (Å²) in [5.74, 6) is -3.54. The molecule has 2 aromatic rings. The van der Waals surface area contributed by atoms with Crippen molar-refractivity contribution >= 4 is 22.7 Å². The van der Waals surface area contributed by atoms with Crippen molar-refractivity contribution in [1.82, 2.24) is 4.98 Å². The van der Waals surface area contributed by atoms with Crippen LogP contribution in [-0.2, 0) is 16.0 Å². The van der Waals surface area contributed by atoms with Crippen molar-refractivity contribution in [3.8, 4) is 0 Å². The molecule has 0 aliphatic rings. The maximum absolute atomic E-state index is 10.6. The third kappa shape index (κ3) is 5.39. The summed E-state index contributed by atoms with van der Waals surface area (Å²) >= 11 is 0. The Kier molecular flexibility index (Phi) is 5.85. The quantitative estimate of drug-likeness (QED) is 0.909. The highest BCUT2D eigenvalue weighted by atomic mass is 19.4. The number of hydrogen-bond donors (Lipinski definition) is 2. The molecule has 118 valence electrons. The van der Waals surface area contributed by atoms with Gasteiger partial charge in [0.05, 0.1) is 6.42 Å². The number of carboxylic acids is 2. The third-order valence-electron chi connectivity index (χ3n) is 2.57. The van der Waals surface area contributed by atoms with Gasteiger partial charge in [-0.1, -0.05) is 24.3 Å². The van der Waals surface area contributed by atoms with Crippen LogP contribution in [0.2, 0.25) is 0 Å². The molecule has 5 nitrogen and oxygen atoms in total. The summed E-state index contributed by atoms with van der Waals surface area (Å²) < 4.78 is 31.7. The van der Waals surface area contributed by atoms with Crippen LogP contribution in [0.4, 0.5) is 13.2 Å². The number of carbonyl (C=O) groups is 2. The smallest absolute Gasteiger partial charge is 0.481 e. The molecule has 0 saturated heterocycles. The molecular formula is C14H12F3NO4. The topological polar surface area (TPSA) is 87.5 Å². The summed E-state index contributed by atoms with van der Waals surface area (Å²) in [6.07, 6.45) is -2.75. The summed E-state index contributed by atoms with van der Waals surface area (Å²) in [4.78, 5) is 23.6. The van der Waals surface area contributed by atoms with Crippen molar-refractivity contribution in [3.63, 3.8) is 0 Å². The van der Waals surface area contributed by atoms with Crippen LogP contribution >= 0.6 is 0 Å². The summed E-state index contributed by atoms with van der Waals surface area (Å²) in [6.45, 7) is 0. The summed E-state index contributed by atoms with van der Waals surface area (Å²) in [6, 6.07) is 9.80. The van der Waals surface area contributed by atoms with E-state index in [4.69, 9.17) is 15.0 Å². The normalized spacial score (nSPS) is 10.7. The van der Waals surface area contributed by atoms with Crippen molar-refractivity contribution in [2.75, 3.05) is 0 Å². The number of aliphatic carboxylic acids is 2. The van der Waals surface area contributed by atoms with Crippen molar-refractivity contribution in [2.24, 2.45) is 0 Å². The zero-order valence-electron chi connectivity index (χ0n) is 11.2. The first kappa shape index (κ1) is 17.4. The fourth-order valence-electron chi connectivity index (χ4n) is 1.61. The molecule has 0 atom stereocenters. The number of rotatable bonds is 3. The largest absolute Gasteiger partial charge is 0.490 e. The average molecular weight is 315 g/mol. The molecule has 1 aromatic carbocycles. The molecule has 0 amide bonds. The Morgan fingerprint density at radius 3 is 2.23 bits per heavy atom. The van der Waals surface area contributed by atoms with E-state index in [0.717, 1.165) is 16.5 Å². The molecule has 0 aliphatic heterocycles. The van der Waals surface area contributed by atoms with Crippen LogP contribution in [0.1, 0.15) is 12.1 Å². The predicted molar refractivity (Wildman–Crippen MR) is 71.4 cm³/mol. The molecule has 1 heterocycles. The minimum Gasteiger partial charge on any atom is -0.481 e. The van der Waals surface area contributed by atoms with Gasteiger partial charge in [0.2, 0.25) is 0 Å². The number of halogens is 3. The first-order valence-electron chi connectivity index (χ1n) is 6.06. The molecule has 8 heteroatoms. The Hall–Kier alpha value is -2.64. The lowest BCUT2D eigenvalue weighted by Crippen LogP contribution is -2.21. The fourth-order valence-corrected chi connectivity index (χ4v) is 1.61. The van der Waals surface area contributed by atoms with E-state index in [1.165, 1.54) is 0 Å². The molecule has 0 aliphatic carbocycles. The summed E-state index contributed by atoms with van der Waals surface area (Å²) in [7, 11) is 0. The molecular weight excluding hydrogens is 303 g/mol. The second kappa shape index (κ2) is 7.39. The SMILES string of the molecule is O=C(O)C(F)(F)F.O=C(O)CCc1nccc2ccccc12. The number of aryl methyl sites for hydroxylation is 1. The minimum absolute atomic E-state index is 0.126. The standard InChI is InChI=1S/C12H11NO2.C2HF3O2/c14-12(15)6-5-11-10-4-2-1-3-9(10)7-8-13-11;3-2(4,5)1(6)7/h1-4,7-8H,5-6H2,(H,14,15);(H,6,7). The van der Waals surface area contributed by atoms with Gasteiger partial charge in [-0.2, -0.15) is 13.2 Å². The second-order valence-electron chi connectivity index (χ2n) is 4.18. The average Bonchev–Trinajstić information content (AvgIpc) is 2.44. The Labute approximate surface area is 123 Å². The van der Waals surface area contributed by atoms with Gasteiger partial charge in [0.25, 0.3) is 0 Å². The van der Waals surface area contributed by atoms with Crippen LogP contribution in [0.5, 0.6) is 0 Å². The maximum atomic E-state index is 10.6. The highest BCUT2D eigenvalue weighted by Crippen LogP contribution is 2.17. The van der Waals surface area contributed by atoms with Crippen LogP contribution in [0.15, 0.2) is 36.5 Å². The third-order valence-corrected chi connectivity index (χ3v) is 2.57. The van der Waals surface area contributed by atoms with Crippen LogP contribution in [-0.4, -0.2) is 33.3 Å². The van der Waals surface area contributed by atoms with Gasteiger partial charge in [-0.05, 0) is 11.5 Å².